The van der Waals surface area contributed by atoms with Crippen LogP contribution in [0.4, 0.5) is 0 Å². The summed E-state index contributed by atoms with van der Waals surface area (Å²) in [6.45, 7) is 0.141. The number of hydrogen-bond donors (Lipinski definition) is 0. The molecule has 0 bridgehead atoms. The lowest BCUT2D eigenvalue weighted by molar-refractivity contribution is -0.234. The van der Waals surface area contributed by atoms with Gasteiger partial charge < -0.3 is 19.1 Å². The molecule has 6 nitrogen and oxygen atoms in total. The summed E-state index contributed by atoms with van der Waals surface area (Å²) in [5.74, 6) is -1.64. The molecule has 1 fully saturated rings. The Morgan fingerprint density at radius 1 is 0.964 bits per heavy atom. The van der Waals surface area contributed by atoms with Gasteiger partial charge in [0.2, 0.25) is 0 Å². The second-order valence-electron chi connectivity index (χ2n) is 6.74. The molecular weight excluding hydrogens is 358 g/mol. The first-order valence-electron chi connectivity index (χ1n) is 9.19. The van der Waals surface area contributed by atoms with Gasteiger partial charge in [-0.05, 0) is 23.6 Å². The van der Waals surface area contributed by atoms with Gasteiger partial charge in [0.05, 0.1) is 13.7 Å². The molecule has 1 aliphatic heterocycles. The number of carbonyl (C=O) groups is 2. The topological polar surface area (TPSA) is 65.1 Å². The Morgan fingerprint density at radius 3 is 2.25 bits per heavy atom. The van der Waals surface area contributed by atoms with E-state index in [0.717, 1.165) is 11.1 Å². The summed E-state index contributed by atoms with van der Waals surface area (Å²) >= 11 is 0. The third-order valence-corrected chi connectivity index (χ3v) is 5.31. The normalized spacial score (nSPS) is 18.5. The van der Waals surface area contributed by atoms with Crippen molar-refractivity contribution in [3.8, 4) is 11.1 Å². The van der Waals surface area contributed by atoms with Crippen molar-refractivity contribution in [3.05, 3.63) is 60.2 Å². The number of nitrogens with zero attached hydrogens (tertiary/aromatic N) is 1. The SMILES string of the molecule is COC(=O)C1CCC(OC)(OC)CN1C(=O)c1ccccc1-c1ccccc1. The summed E-state index contributed by atoms with van der Waals surface area (Å²) in [5.41, 5.74) is 2.26. The Balaban J connectivity index is 2.02. The molecule has 0 radical (unpaired) electrons. The Hall–Kier alpha value is -2.70. The molecule has 0 saturated carbocycles. The molecule has 0 spiro atoms. The maximum atomic E-state index is 13.6. The van der Waals surface area contributed by atoms with Gasteiger partial charge in [-0.2, -0.15) is 0 Å². The van der Waals surface area contributed by atoms with Crippen LogP contribution >= 0.6 is 0 Å². The first-order chi connectivity index (χ1) is 13.5. The lowest BCUT2D eigenvalue weighted by Crippen LogP contribution is -2.59. The quantitative estimate of drug-likeness (QED) is 0.586. The van der Waals surface area contributed by atoms with Gasteiger partial charge in [0.15, 0.2) is 5.79 Å². The number of hydrogen-bond acceptors (Lipinski definition) is 5. The zero-order chi connectivity index (χ0) is 20.1. The highest BCUT2D eigenvalue weighted by molar-refractivity contribution is 6.02. The van der Waals surface area contributed by atoms with Crippen molar-refractivity contribution in [1.29, 1.82) is 0 Å². The van der Waals surface area contributed by atoms with Crippen molar-refractivity contribution in [2.45, 2.75) is 24.7 Å². The average molecular weight is 383 g/mol. The summed E-state index contributed by atoms with van der Waals surface area (Å²) < 4.78 is 16.0. The largest absolute Gasteiger partial charge is 0.467 e. The second kappa shape index (κ2) is 8.54. The van der Waals surface area contributed by atoms with Gasteiger partial charge >= 0.3 is 5.97 Å². The molecule has 148 valence electrons. The molecule has 6 heteroatoms. The Bertz CT molecular complexity index is 832. The molecule has 1 saturated heterocycles. The van der Waals surface area contributed by atoms with E-state index in [1.54, 1.807) is 20.3 Å². The van der Waals surface area contributed by atoms with Crippen LogP contribution in [0, 0.1) is 0 Å². The summed E-state index contributed by atoms with van der Waals surface area (Å²) in [4.78, 5) is 27.4. The maximum absolute atomic E-state index is 13.6. The molecule has 2 aromatic carbocycles. The van der Waals surface area contributed by atoms with Crippen molar-refractivity contribution in [2.24, 2.45) is 0 Å². The van der Waals surface area contributed by atoms with Crippen LogP contribution in [0.15, 0.2) is 54.6 Å². The number of amides is 1. The van der Waals surface area contributed by atoms with Gasteiger partial charge in [0.25, 0.3) is 5.91 Å². The minimum absolute atomic E-state index is 0.141. The fraction of sp³-hybridized carbons (Fsp3) is 0.364. The van der Waals surface area contributed by atoms with Crippen molar-refractivity contribution >= 4 is 11.9 Å². The molecule has 0 aromatic heterocycles. The first kappa shape index (κ1) is 20.0. The van der Waals surface area contributed by atoms with E-state index in [-0.39, 0.29) is 12.5 Å². The number of carbonyl (C=O) groups excluding carboxylic acids is 2. The van der Waals surface area contributed by atoms with Crippen LogP contribution in [0.3, 0.4) is 0 Å². The monoisotopic (exact) mass is 383 g/mol. The Labute approximate surface area is 165 Å². The fourth-order valence-electron chi connectivity index (χ4n) is 3.67. The van der Waals surface area contributed by atoms with E-state index in [9.17, 15) is 9.59 Å². The van der Waals surface area contributed by atoms with Crippen molar-refractivity contribution in [1.82, 2.24) is 4.90 Å². The number of likely N-dealkylation sites (tertiary alicyclic amines) is 1. The molecular formula is C22H25NO5. The highest BCUT2D eigenvalue weighted by Crippen LogP contribution is 2.32. The lowest BCUT2D eigenvalue weighted by Gasteiger charge is -2.44. The van der Waals surface area contributed by atoms with E-state index in [2.05, 4.69) is 0 Å². The molecule has 2 aromatic rings. The van der Waals surface area contributed by atoms with Gasteiger partial charge in [0.1, 0.15) is 6.04 Å². The number of rotatable bonds is 5. The van der Waals surface area contributed by atoms with Crippen LogP contribution in [0.5, 0.6) is 0 Å². The van der Waals surface area contributed by atoms with E-state index in [1.807, 2.05) is 48.5 Å². The van der Waals surface area contributed by atoms with Gasteiger partial charge in [-0.1, -0.05) is 48.5 Å². The number of piperidine rings is 1. The molecule has 1 unspecified atom stereocenters. The molecule has 1 amide bonds. The average Bonchev–Trinajstić information content (AvgIpc) is 2.78. The van der Waals surface area contributed by atoms with Crippen LogP contribution in [0.2, 0.25) is 0 Å². The van der Waals surface area contributed by atoms with Crippen LogP contribution in [0.25, 0.3) is 11.1 Å². The fourth-order valence-corrected chi connectivity index (χ4v) is 3.67. The minimum atomic E-state index is -0.943. The number of benzene rings is 2. The van der Waals surface area contributed by atoms with E-state index < -0.39 is 17.8 Å². The van der Waals surface area contributed by atoms with Crippen molar-refractivity contribution in [3.63, 3.8) is 0 Å². The zero-order valence-electron chi connectivity index (χ0n) is 16.4. The van der Waals surface area contributed by atoms with Crippen molar-refractivity contribution < 1.29 is 23.8 Å². The zero-order valence-corrected chi connectivity index (χ0v) is 16.4. The summed E-state index contributed by atoms with van der Waals surface area (Å²) in [6, 6.07) is 16.4. The number of esters is 1. The molecule has 3 rings (SSSR count). The standard InChI is InChI=1S/C22H25NO5/c1-26-21(25)19-13-14-22(27-2,28-3)15-23(19)20(24)18-12-8-7-11-17(18)16-9-5-4-6-10-16/h4-12,19H,13-15H2,1-3H3. The van der Waals surface area contributed by atoms with Crippen LogP contribution < -0.4 is 0 Å². The van der Waals surface area contributed by atoms with E-state index >= 15 is 0 Å². The molecule has 0 N–H and O–H groups in total. The molecule has 1 aliphatic rings. The highest BCUT2D eigenvalue weighted by atomic mass is 16.7. The van der Waals surface area contributed by atoms with Gasteiger partial charge in [0, 0.05) is 26.2 Å². The van der Waals surface area contributed by atoms with Crippen LogP contribution in [-0.4, -0.2) is 56.5 Å². The number of methoxy groups -OCH3 is 3. The first-order valence-corrected chi connectivity index (χ1v) is 9.19. The van der Waals surface area contributed by atoms with E-state index in [4.69, 9.17) is 14.2 Å². The molecule has 0 aliphatic carbocycles. The second-order valence-corrected chi connectivity index (χ2v) is 6.74. The van der Waals surface area contributed by atoms with E-state index in [1.165, 1.54) is 12.0 Å². The molecule has 28 heavy (non-hydrogen) atoms. The van der Waals surface area contributed by atoms with Crippen molar-refractivity contribution in [2.75, 3.05) is 27.9 Å². The lowest BCUT2D eigenvalue weighted by atomic mass is 9.93. The molecule has 1 heterocycles. The van der Waals surface area contributed by atoms with Crippen LogP contribution in [-0.2, 0) is 19.0 Å². The van der Waals surface area contributed by atoms with Gasteiger partial charge in [-0.3, -0.25) is 4.79 Å². The van der Waals surface area contributed by atoms with Gasteiger partial charge in [-0.15, -0.1) is 0 Å². The highest BCUT2D eigenvalue weighted by Gasteiger charge is 2.45. The van der Waals surface area contributed by atoms with Gasteiger partial charge in [-0.25, -0.2) is 4.79 Å². The molecule has 1 atom stereocenters. The Morgan fingerprint density at radius 2 is 1.61 bits per heavy atom. The summed E-state index contributed by atoms with van der Waals surface area (Å²) in [5, 5.41) is 0. The summed E-state index contributed by atoms with van der Waals surface area (Å²) in [7, 11) is 4.42. The smallest absolute Gasteiger partial charge is 0.328 e. The minimum Gasteiger partial charge on any atom is -0.467 e. The Kier molecular flexibility index (Phi) is 6.11. The van der Waals surface area contributed by atoms with Crippen LogP contribution in [0.1, 0.15) is 23.2 Å². The number of ether oxygens (including phenoxy) is 3. The predicted molar refractivity (Wildman–Crippen MR) is 105 cm³/mol. The third-order valence-electron chi connectivity index (χ3n) is 5.31. The third kappa shape index (κ3) is 3.79. The predicted octanol–water partition coefficient (Wildman–Crippen LogP) is 3.12. The van der Waals surface area contributed by atoms with E-state index in [0.29, 0.717) is 18.4 Å². The summed E-state index contributed by atoms with van der Waals surface area (Å²) in [6.07, 6.45) is 0.886. The maximum Gasteiger partial charge on any atom is 0.328 e.